The second kappa shape index (κ2) is 7.38. The Hall–Kier alpha value is -2.82. The molecule has 1 aliphatic heterocycles. The van der Waals surface area contributed by atoms with Gasteiger partial charge in [0.2, 0.25) is 5.91 Å². The van der Waals surface area contributed by atoms with Crippen molar-refractivity contribution in [3.63, 3.8) is 0 Å². The highest BCUT2D eigenvalue weighted by atomic mass is 16.5. The molecule has 2 amide bonds. The summed E-state index contributed by atoms with van der Waals surface area (Å²) in [6.45, 7) is 4.57. The molecule has 1 fully saturated rings. The molecular weight excluding hydrogens is 316 g/mol. The third kappa shape index (κ3) is 3.99. The topological polar surface area (TPSA) is 58.6 Å². The molecule has 2 aromatic rings. The number of carbonyl (C=O) groups is 2. The Balaban J connectivity index is 1.66. The highest BCUT2D eigenvalue weighted by molar-refractivity contribution is 6.02. The van der Waals surface area contributed by atoms with Gasteiger partial charge in [-0.15, -0.1) is 0 Å². The van der Waals surface area contributed by atoms with Gasteiger partial charge in [-0.25, -0.2) is 0 Å². The minimum Gasteiger partial charge on any atom is -0.483 e. The maximum Gasteiger partial charge on any atom is 0.262 e. The molecule has 1 heterocycles. The lowest BCUT2D eigenvalue weighted by Gasteiger charge is -2.20. The Bertz CT molecular complexity index is 801. The van der Waals surface area contributed by atoms with Gasteiger partial charge in [0, 0.05) is 13.0 Å². The maximum absolute atomic E-state index is 12.3. The Morgan fingerprint density at radius 3 is 2.72 bits per heavy atom. The average Bonchev–Trinajstić information content (AvgIpc) is 3.00. The molecule has 1 saturated heterocycles. The van der Waals surface area contributed by atoms with Crippen LogP contribution in [0, 0.1) is 13.8 Å². The zero-order valence-corrected chi connectivity index (χ0v) is 14.5. The molecule has 5 nitrogen and oxygen atoms in total. The van der Waals surface area contributed by atoms with Gasteiger partial charge in [-0.05, 0) is 44.0 Å². The molecule has 1 N–H and O–H groups in total. The summed E-state index contributed by atoms with van der Waals surface area (Å²) in [5.41, 5.74) is 3.52. The molecule has 0 radical (unpaired) electrons. The van der Waals surface area contributed by atoms with Crippen LogP contribution >= 0.6 is 0 Å². The van der Waals surface area contributed by atoms with E-state index in [2.05, 4.69) is 5.32 Å². The van der Waals surface area contributed by atoms with E-state index in [0.717, 1.165) is 23.2 Å². The van der Waals surface area contributed by atoms with Gasteiger partial charge < -0.3 is 15.0 Å². The van der Waals surface area contributed by atoms with Crippen LogP contribution < -0.4 is 15.0 Å². The standard InChI is InChI=1S/C20H22N2O3/c1-14-9-10-18(15(2)12-14)25-13-19(23)21-16-6-3-4-7-17(16)22-11-5-8-20(22)24/h3-4,6-7,9-10,12H,5,8,11,13H2,1-2H3,(H,21,23). The fourth-order valence-corrected chi connectivity index (χ4v) is 3.01. The maximum atomic E-state index is 12.3. The number of hydrogen-bond acceptors (Lipinski definition) is 3. The first-order valence-electron chi connectivity index (χ1n) is 8.44. The molecule has 0 atom stereocenters. The van der Waals surface area contributed by atoms with E-state index in [-0.39, 0.29) is 18.4 Å². The van der Waals surface area contributed by atoms with Crippen LogP contribution in [0.3, 0.4) is 0 Å². The van der Waals surface area contributed by atoms with Crippen LogP contribution in [0.25, 0.3) is 0 Å². The molecule has 5 heteroatoms. The number of nitrogens with one attached hydrogen (secondary N) is 1. The molecule has 0 aliphatic carbocycles. The lowest BCUT2D eigenvalue weighted by atomic mass is 10.1. The number of ether oxygens (including phenoxy) is 1. The van der Waals surface area contributed by atoms with Crippen LogP contribution in [0.2, 0.25) is 0 Å². The van der Waals surface area contributed by atoms with E-state index in [4.69, 9.17) is 4.74 Å². The van der Waals surface area contributed by atoms with Crippen LogP contribution in [0.5, 0.6) is 5.75 Å². The summed E-state index contributed by atoms with van der Waals surface area (Å²) >= 11 is 0. The van der Waals surface area contributed by atoms with E-state index in [1.807, 2.05) is 50.2 Å². The molecule has 0 bridgehead atoms. The Morgan fingerprint density at radius 1 is 1.20 bits per heavy atom. The fraction of sp³-hybridized carbons (Fsp3) is 0.300. The average molecular weight is 338 g/mol. The summed E-state index contributed by atoms with van der Waals surface area (Å²) in [6, 6.07) is 13.2. The number of nitrogens with zero attached hydrogens (tertiary/aromatic N) is 1. The fourth-order valence-electron chi connectivity index (χ4n) is 3.01. The van der Waals surface area contributed by atoms with Crippen molar-refractivity contribution in [2.75, 3.05) is 23.4 Å². The van der Waals surface area contributed by atoms with Crippen molar-refractivity contribution < 1.29 is 14.3 Å². The quantitative estimate of drug-likeness (QED) is 0.908. The smallest absolute Gasteiger partial charge is 0.262 e. The van der Waals surface area contributed by atoms with Crippen LogP contribution in [-0.2, 0) is 9.59 Å². The molecule has 0 aromatic heterocycles. The lowest BCUT2D eigenvalue weighted by Crippen LogP contribution is -2.27. The van der Waals surface area contributed by atoms with Gasteiger partial charge in [-0.1, -0.05) is 29.8 Å². The normalized spacial score (nSPS) is 13.8. The van der Waals surface area contributed by atoms with Gasteiger partial charge in [0.25, 0.3) is 5.91 Å². The van der Waals surface area contributed by atoms with Crippen LogP contribution in [0.15, 0.2) is 42.5 Å². The third-order valence-electron chi connectivity index (χ3n) is 4.23. The van der Waals surface area contributed by atoms with Crippen molar-refractivity contribution in [2.45, 2.75) is 26.7 Å². The molecule has 1 aliphatic rings. The number of hydrogen-bond donors (Lipinski definition) is 1. The largest absolute Gasteiger partial charge is 0.483 e. The third-order valence-corrected chi connectivity index (χ3v) is 4.23. The van der Waals surface area contributed by atoms with E-state index >= 15 is 0 Å². The van der Waals surface area contributed by atoms with Crippen LogP contribution in [0.4, 0.5) is 11.4 Å². The second-order valence-corrected chi connectivity index (χ2v) is 6.27. The van der Waals surface area contributed by atoms with Gasteiger partial charge in [0.05, 0.1) is 11.4 Å². The number of benzene rings is 2. The Kier molecular flexibility index (Phi) is 5.03. The summed E-state index contributed by atoms with van der Waals surface area (Å²) in [5.74, 6) is 0.538. The molecule has 3 rings (SSSR count). The molecule has 25 heavy (non-hydrogen) atoms. The van der Waals surface area contributed by atoms with Crippen molar-refractivity contribution in [1.29, 1.82) is 0 Å². The molecule has 0 saturated carbocycles. The minimum absolute atomic E-state index is 0.0772. The van der Waals surface area contributed by atoms with Gasteiger partial charge >= 0.3 is 0 Å². The first kappa shape index (κ1) is 17.0. The number of amides is 2. The minimum atomic E-state index is -0.251. The predicted molar refractivity (Wildman–Crippen MR) is 98.1 cm³/mol. The highest BCUT2D eigenvalue weighted by Gasteiger charge is 2.24. The van der Waals surface area contributed by atoms with Crippen molar-refractivity contribution in [1.82, 2.24) is 0 Å². The number of para-hydroxylation sites is 2. The first-order valence-corrected chi connectivity index (χ1v) is 8.44. The highest BCUT2D eigenvalue weighted by Crippen LogP contribution is 2.29. The van der Waals surface area contributed by atoms with E-state index in [1.54, 1.807) is 11.0 Å². The van der Waals surface area contributed by atoms with Crippen LogP contribution in [0.1, 0.15) is 24.0 Å². The van der Waals surface area contributed by atoms with Crippen molar-refractivity contribution in [3.8, 4) is 5.75 Å². The zero-order chi connectivity index (χ0) is 17.8. The SMILES string of the molecule is Cc1ccc(OCC(=O)Nc2ccccc2N2CCCC2=O)c(C)c1. The molecule has 130 valence electrons. The Morgan fingerprint density at radius 2 is 2.00 bits per heavy atom. The van der Waals surface area contributed by atoms with Crippen molar-refractivity contribution >= 4 is 23.2 Å². The summed E-state index contributed by atoms with van der Waals surface area (Å²) in [5, 5.41) is 2.85. The summed E-state index contributed by atoms with van der Waals surface area (Å²) in [6.07, 6.45) is 1.40. The number of rotatable bonds is 5. The molecular formula is C20H22N2O3. The van der Waals surface area contributed by atoms with Crippen molar-refractivity contribution in [2.24, 2.45) is 0 Å². The molecule has 0 spiro atoms. The van der Waals surface area contributed by atoms with E-state index in [1.165, 1.54) is 0 Å². The van der Waals surface area contributed by atoms with Crippen LogP contribution in [-0.4, -0.2) is 25.0 Å². The Labute approximate surface area is 147 Å². The predicted octanol–water partition coefficient (Wildman–Crippen LogP) is 3.45. The van der Waals surface area contributed by atoms with E-state index in [0.29, 0.717) is 24.4 Å². The monoisotopic (exact) mass is 338 g/mol. The summed E-state index contributed by atoms with van der Waals surface area (Å²) in [4.78, 5) is 26.0. The van der Waals surface area contributed by atoms with Crippen molar-refractivity contribution in [3.05, 3.63) is 53.6 Å². The summed E-state index contributed by atoms with van der Waals surface area (Å²) in [7, 11) is 0. The zero-order valence-electron chi connectivity index (χ0n) is 14.5. The van der Waals surface area contributed by atoms with Gasteiger partial charge in [-0.2, -0.15) is 0 Å². The number of carbonyl (C=O) groups excluding carboxylic acids is 2. The first-order chi connectivity index (χ1) is 12.0. The second-order valence-electron chi connectivity index (χ2n) is 6.27. The lowest BCUT2D eigenvalue weighted by molar-refractivity contribution is -0.118. The van der Waals surface area contributed by atoms with E-state index in [9.17, 15) is 9.59 Å². The molecule has 0 unspecified atom stereocenters. The summed E-state index contributed by atoms with van der Waals surface area (Å²) < 4.78 is 5.62. The van der Waals surface area contributed by atoms with Gasteiger partial charge in [0.15, 0.2) is 6.61 Å². The van der Waals surface area contributed by atoms with E-state index < -0.39 is 0 Å². The number of anilines is 2. The number of aryl methyl sites for hydroxylation is 2. The molecule has 2 aromatic carbocycles. The van der Waals surface area contributed by atoms with Gasteiger partial charge in [0.1, 0.15) is 5.75 Å². The van der Waals surface area contributed by atoms with Gasteiger partial charge in [-0.3, -0.25) is 9.59 Å².